The minimum atomic E-state index is -0.334. The molecule has 0 radical (unpaired) electrons. The summed E-state index contributed by atoms with van der Waals surface area (Å²) in [5.74, 6) is -0.0606. The third kappa shape index (κ3) is 3.82. The molecule has 1 fully saturated rings. The Morgan fingerprint density at radius 3 is 2.37 bits per heavy atom. The lowest BCUT2D eigenvalue weighted by Gasteiger charge is -2.33. The largest absolute Gasteiger partial charge is 0.366 e. The fourth-order valence-corrected chi connectivity index (χ4v) is 3.42. The zero-order chi connectivity index (χ0) is 19.7. The van der Waals surface area contributed by atoms with Gasteiger partial charge in [-0.15, -0.1) is 0 Å². The average Bonchev–Trinajstić information content (AvgIpc) is 2.66. The van der Waals surface area contributed by atoms with Crippen LogP contribution in [0.3, 0.4) is 0 Å². The van der Waals surface area contributed by atoms with E-state index in [4.69, 9.17) is 0 Å². The van der Waals surface area contributed by atoms with Gasteiger partial charge in [-0.25, -0.2) is 4.79 Å². The lowest BCUT2D eigenvalue weighted by molar-refractivity contribution is 0.0931. The minimum Gasteiger partial charge on any atom is -0.366 e. The summed E-state index contributed by atoms with van der Waals surface area (Å²) in [6.45, 7) is 5.34. The van der Waals surface area contributed by atoms with Crippen LogP contribution in [0.4, 0.5) is 5.69 Å². The summed E-state index contributed by atoms with van der Waals surface area (Å²) in [4.78, 5) is 38.7. The smallest absolute Gasteiger partial charge is 0.330 e. The fourth-order valence-electron chi connectivity index (χ4n) is 3.42. The van der Waals surface area contributed by atoms with Gasteiger partial charge < -0.3 is 14.8 Å². The number of carbonyl (C=O) groups excluding carboxylic acids is 1. The van der Waals surface area contributed by atoms with Crippen LogP contribution in [0.2, 0.25) is 0 Å². The highest BCUT2D eigenvalue weighted by Crippen LogP contribution is 2.17. The molecule has 3 rings (SSSR count). The third-order valence-electron chi connectivity index (χ3n) is 5.37. The van der Waals surface area contributed by atoms with Crippen LogP contribution in [-0.2, 0) is 14.1 Å². The summed E-state index contributed by atoms with van der Waals surface area (Å²) in [6, 6.07) is 5.80. The normalized spacial score (nSPS) is 15.0. The van der Waals surface area contributed by atoms with Crippen molar-refractivity contribution >= 4 is 11.6 Å². The van der Waals surface area contributed by atoms with Gasteiger partial charge >= 0.3 is 5.69 Å². The second-order valence-electron chi connectivity index (χ2n) is 7.31. The van der Waals surface area contributed by atoms with Crippen LogP contribution in [0.1, 0.15) is 34.3 Å². The fraction of sp³-hybridized carbons (Fsp3) is 0.450. The Morgan fingerprint density at radius 1 is 1.07 bits per heavy atom. The Hall–Kier alpha value is -2.83. The van der Waals surface area contributed by atoms with E-state index in [-0.39, 0.29) is 23.2 Å². The molecule has 2 heterocycles. The van der Waals surface area contributed by atoms with Crippen molar-refractivity contribution < 1.29 is 4.79 Å². The molecule has 1 N–H and O–H groups in total. The van der Waals surface area contributed by atoms with Gasteiger partial charge in [0.1, 0.15) is 5.69 Å². The van der Waals surface area contributed by atoms with Crippen LogP contribution in [0.5, 0.6) is 0 Å². The van der Waals surface area contributed by atoms with Crippen molar-refractivity contribution in [2.45, 2.75) is 32.7 Å². The Labute approximate surface area is 158 Å². The molecule has 27 heavy (non-hydrogen) atoms. The quantitative estimate of drug-likeness (QED) is 0.878. The summed E-state index contributed by atoms with van der Waals surface area (Å²) in [5, 5.41) is 3.10. The lowest BCUT2D eigenvalue weighted by atomic mass is 10.0. The molecule has 1 amide bonds. The van der Waals surface area contributed by atoms with Gasteiger partial charge in [0.05, 0.1) is 0 Å². The highest BCUT2D eigenvalue weighted by Gasteiger charge is 2.23. The van der Waals surface area contributed by atoms with Crippen molar-refractivity contribution in [2.24, 2.45) is 14.1 Å². The Kier molecular flexibility index (Phi) is 5.21. The first-order chi connectivity index (χ1) is 12.8. The maximum absolute atomic E-state index is 12.5. The van der Waals surface area contributed by atoms with Gasteiger partial charge in [-0.1, -0.05) is 6.07 Å². The van der Waals surface area contributed by atoms with Gasteiger partial charge in [-0.2, -0.15) is 0 Å². The monoisotopic (exact) mass is 370 g/mol. The maximum atomic E-state index is 12.5. The van der Waals surface area contributed by atoms with Crippen LogP contribution in [0, 0.1) is 13.8 Å². The highest BCUT2D eigenvalue weighted by molar-refractivity contribution is 5.94. The molecule has 1 aromatic carbocycles. The van der Waals surface area contributed by atoms with E-state index in [9.17, 15) is 14.4 Å². The number of aromatic nitrogens is 2. The topological polar surface area (TPSA) is 76.3 Å². The maximum Gasteiger partial charge on any atom is 0.330 e. The summed E-state index contributed by atoms with van der Waals surface area (Å²) in [6.07, 6.45) is 3.10. The van der Waals surface area contributed by atoms with Crippen molar-refractivity contribution in [3.05, 3.63) is 61.9 Å². The summed E-state index contributed by atoms with van der Waals surface area (Å²) < 4.78 is 2.55. The summed E-state index contributed by atoms with van der Waals surface area (Å²) >= 11 is 0. The van der Waals surface area contributed by atoms with Crippen LogP contribution >= 0.6 is 0 Å². The van der Waals surface area contributed by atoms with E-state index in [1.165, 1.54) is 17.2 Å². The number of aryl methyl sites for hydroxylation is 3. The molecule has 1 aliphatic heterocycles. The van der Waals surface area contributed by atoms with Gasteiger partial charge in [0.15, 0.2) is 0 Å². The summed E-state index contributed by atoms with van der Waals surface area (Å²) in [5.41, 5.74) is 2.85. The van der Waals surface area contributed by atoms with E-state index in [0.717, 1.165) is 23.0 Å². The van der Waals surface area contributed by atoms with Crippen LogP contribution in [0.25, 0.3) is 0 Å². The Balaban J connectivity index is 1.66. The van der Waals surface area contributed by atoms with Crippen molar-refractivity contribution in [3.63, 3.8) is 0 Å². The van der Waals surface area contributed by atoms with Crippen LogP contribution in [0.15, 0.2) is 34.0 Å². The van der Waals surface area contributed by atoms with E-state index in [0.29, 0.717) is 24.3 Å². The number of hydrogen-bond donors (Lipinski definition) is 1. The SMILES string of the molecule is Cc1ccc(C(=O)NC2CCN(c3cn(C)c(=O)n(C)c3=O)CC2)cc1C. The minimum absolute atomic E-state index is 0.0606. The van der Waals surface area contributed by atoms with E-state index in [2.05, 4.69) is 5.32 Å². The van der Waals surface area contributed by atoms with Crippen LogP contribution in [-0.4, -0.2) is 34.2 Å². The van der Waals surface area contributed by atoms with Gasteiger partial charge in [0.2, 0.25) is 0 Å². The van der Waals surface area contributed by atoms with Crippen molar-refractivity contribution in [1.29, 1.82) is 0 Å². The molecule has 0 saturated carbocycles. The van der Waals surface area contributed by atoms with E-state index in [1.807, 2.05) is 36.9 Å². The Bertz CT molecular complexity index is 982. The molecule has 7 heteroatoms. The molecule has 0 aliphatic carbocycles. The standard InChI is InChI=1S/C20H26N4O3/c1-13-5-6-15(11-14(13)2)18(25)21-16-7-9-24(10-8-16)17-12-22(3)20(27)23(4)19(17)26/h5-6,11-12,16H,7-10H2,1-4H3,(H,21,25). The van der Waals surface area contributed by atoms with E-state index < -0.39 is 0 Å². The number of carbonyl (C=O) groups is 1. The number of rotatable bonds is 3. The molecule has 0 bridgehead atoms. The van der Waals surface area contributed by atoms with Crippen molar-refractivity contribution in [1.82, 2.24) is 14.5 Å². The first-order valence-corrected chi connectivity index (χ1v) is 9.17. The molecule has 7 nitrogen and oxygen atoms in total. The molecule has 2 aromatic rings. The predicted molar refractivity (Wildman–Crippen MR) is 106 cm³/mol. The number of amides is 1. The van der Waals surface area contributed by atoms with Gasteiger partial charge in [0.25, 0.3) is 11.5 Å². The molecule has 0 atom stereocenters. The van der Waals surface area contributed by atoms with Gasteiger partial charge in [-0.3, -0.25) is 14.2 Å². The number of nitrogens with zero attached hydrogens (tertiary/aromatic N) is 3. The second-order valence-corrected chi connectivity index (χ2v) is 7.31. The number of anilines is 1. The molecule has 1 aliphatic rings. The molecule has 0 unspecified atom stereocenters. The molecule has 1 aromatic heterocycles. The molecular formula is C20H26N4O3. The molecule has 1 saturated heterocycles. The van der Waals surface area contributed by atoms with Crippen molar-refractivity contribution in [3.8, 4) is 0 Å². The van der Waals surface area contributed by atoms with E-state index >= 15 is 0 Å². The van der Waals surface area contributed by atoms with Gasteiger partial charge in [0, 0.05) is 45.0 Å². The molecule has 0 spiro atoms. The zero-order valence-corrected chi connectivity index (χ0v) is 16.3. The predicted octanol–water partition coefficient (Wildman–Crippen LogP) is 1.10. The lowest BCUT2D eigenvalue weighted by Crippen LogP contribution is -2.47. The summed E-state index contributed by atoms with van der Waals surface area (Å²) in [7, 11) is 3.13. The zero-order valence-electron chi connectivity index (χ0n) is 16.3. The van der Waals surface area contributed by atoms with Gasteiger partial charge in [-0.05, 0) is 49.9 Å². The van der Waals surface area contributed by atoms with Crippen LogP contribution < -0.4 is 21.5 Å². The molecular weight excluding hydrogens is 344 g/mol. The number of piperidine rings is 1. The third-order valence-corrected chi connectivity index (χ3v) is 5.37. The highest BCUT2D eigenvalue weighted by atomic mass is 16.2. The Morgan fingerprint density at radius 2 is 1.74 bits per heavy atom. The first-order valence-electron chi connectivity index (χ1n) is 9.17. The number of benzene rings is 1. The number of hydrogen-bond acceptors (Lipinski definition) is 4. The first kappa shape index (κ1) is 18.9. The van der Waals surface area contributed by atoms with E-state index in [1.54, 1.807) is 13.2 Å². The number of nitrogens with one attached hydrogen (secondary N) is 1. The van der Waals surface area contributed by atoms with Crippen molar-refractivity contribution in [2.75, 3.05) is 18.0 Å². The average molecular weight is 370 g/mol. The second kappa shape index (κ2) is 7.42. The molecule has 144 valence electrons.